The minimum atomic E-state index is -0.370. The van der Waals surface area contributed by atoms with Gasteiger partial charge in [0.15, 0.2) is 0 Å². The Hall–Kier alpha value is -1.66. The number of benzene rings is 1. The fraction of sp³-hybridized carbons (Fsp3) is 0.600. The van der Waals surface area contributed by atoms with E-state index in [0.29, 0.717) is 18.2 Å². The number of ether oxygens (including phenoxy) is 1. The molecule has 116 valence electrons. The summed E-state index contributed by atoms with van der Waals surface area (Å²) in [4.78, 5) is 12.8. The molecule has 0 aromatic heterocycles. The highest BCUT2D eigenvalue weighted by Crippen LogP contribution is 2.27. The van der Waals surface area contributed by atoms with Crippen LogP contribution in [0, 0.1) is 16.0 Å². The van der Waals surface area contributed by atoms with Gasteiger partial charge in [0.05, 0.1) is 12.0 Å². The Morgan fingerprint density at radius 2 is 2.14 bits per heavy atom. The Bertz CT molecular complexity index is 497. The van der Waals surface area contributed by atoms with Crippen LogP contribution < -0.4 is 10.5 Å². The van der Waals surface area contributed by atoms with Crippen LogP contribution >= 0.6 is 0 Å². The van der Waals surface area contributed by atoms with Crippen LogP contribution in [-0.2, 0) is 6.54 Å². The van der Waals surface area contributed by atoms with Gasteiger partial charge < -0.3 is 10.5 Å². The van der Waals surface area contributed by atoms with Gasteiger partial charge in [-0.25, -0.2) is 0 Å². The van der Waals surface area contributed by atoms with Crippen LogP contribution in [0.4, 0.5) is 5.69 Å². The van der Waals surface area contributed by atoms with Gasteiger partial charge >= 0.3 is 0 Å². The molecular weight excluding hydrogens is 270 g/mol. The van der Waals surface area contributed by atoms with E-state index in [1.54, 1.807) is 19.2 Å². The minimum absolute atomic E-state index is 0.108. The Kier molecular flexibility index (Phi) is 5.14. The molecule has 0 aliphatic carbocycles. The number of rotatable bonds is 5. The second-order valence-electron chi connectivity index (χ2n) is 5.73. The van der Waals surface area contributed by atoms with Crippen molar-refractivity contribution in [1.29, 1.82) is 0 Å². The molecule has 0 bridgehead atoms. The molecule has 1 aromatic rings. The van der Waals surface area contributed by atoms with Crippen molar-refractivity contribution in [2.24, 2.45) is 11.7 Å². The Balaban J connectivity index is 2.05. The van der Waals surface area contributed by atoms with Gasteiger partial charge in [0.2, 0.25) is 0 Å². The van der Waals surface area contributed by atoms with E-state index in [1.807, 2.05) is 0 Å². The first-order chi connectivity index (χ1) is 10.0. The smallest absolute Gasteiger partial charge is 0.270 e. The van der Waals surface area contributed by atoms with Crippen molar-refractivity contribution in [3.05, 3.63) is 33.9 Å². The molecule has 1 aromatic carbocycles. The number of hydrogen-bond acceptors (Lipinski definition) is 5. The zero-order valence-electron chi connectivity index (χ0n) is 12.6. The van der Waals surface area contributed by atoms with Gasteiger partial charge in [0, 0.05) is 30.3 Å². The predicted octanol–water partition coefficient (Wildman–Crippen LogP) is 2.16. The van der Waals surface area contributed by atoms with Gasteiger partial charge in [-0.15, -0.1) is 0 Å². The molecule has 1 unspecified atom stereocenters. The molecule has 6 heteroatoms. The molecule has 1 fully saturated rings. The molecule has 2 N–H and O–H groups in total. The van der Waals surface area contributed by atoms with Crippen LogP contribution in [0.15, 0.2) is 18.2 Å². The van der Waals surface area contributed by atoms with Crippen LogP contribution in [-0.4, -0.2) is 36.1 Å². The van der Waals surface area contributed by atoms with Crippen LogP contribution in [0.25, 0.3) is 0 Å². The molecule has 0 saturated carbocycles. The van der Waals surface area contributed by atoms with E-state index in [1.165, 1.54) is 6.07 Å². The zero-order chi connectivity index (χ0) is 15.4. The lowest BCUT2D eigenvalue weighted by Crippen LogP contribution is -2.39. The number of nitrogens with two attached hydrogens (primary N) is 1. The van der Waals surface area contributed by atoms with Crippen LogP contribution in [0.3, 0.4) is 0 Å². The summed E-state index contributed by atoms with van der Waals surface area (Å²) in [6.07, 6.45) is 2.16. The average molecular weight is 293 g/mol. The lowest BCUT2D eigenvalue weighted by atomic mass is 9.91. The predicted molar refractivity (Wildman–Crippen MR) is 81.3 cm³/mol. The monoisotopic (exact) mass is 293 g/mol. The van der Waals surface area contributed by atoms with E-state index in [0.717, 1.165) is 31.5 Å². The maximum atomic E-state index is 10.9. The van der Waals surface area contributed by atoms with Crippen LogP contribution in [0.5, 0.6) is 5.75 Å². The van der Waals surface area contributed by atoms with Gasteiger partial charge in [0.1, 0.15) is 5.75 Å². The van der Waals surface area contributed by atoms with Gasteiger partial charge in [-0.1, -0.05) is 0 Å². The maximum Gasteiger partial charge on any atom is 0.270 e. The maximum absolute atomic E-state index is 10.9. The molecule has 1 saturated heterocycles. The van der Waals surface area contributed by atoms with Crippen LogP contribution in [0.2, 0.25) is 0 Å². The van der Waals surface area contributed by atoms with Crippen LogP contribution in [0.1, 0.15) is 25.3 Å². The van der Waals surface area contributed by atoms with E-state index >= 15 is 0 Å². The molecule has 0 amide bonds. The van der Waals surface area contributed by atoms with Gasteiger partial charge in [-0.2, -0.15) is 0 Å². The Morgan fingerprint density at radius 3 is 2.67 bits per heavy atom. The normalized spacial score (nSPS) is 18.4. The summed E-state index contributed by atoms with van der Waals surface area (Å²) in [5, 5.41) is 10.9. The van der Waals surface area contributed by atoms with E-state index in [2.05, 4.69) is 11.8 Å². The van der Waals surface area contributed by atoms with Gasteiger partial charge in [-0.05, 0) is 44.8 Å². The third-order valence-corrected chi connectivity index (χ3v) is 4.24. The van der Waals surface area contributed by atoms with E-state index in [4.69, 9.17) is 10.5 Å². The Labute approximate surface area is 125 Å². The van der Waals surface area contributed by atoms with E-state index in [9.17, 15) is 10.1 Å². The topological polar surface area (TPSA) is 81.6 Å². The average Bonchev–Trinajstić information content (AvgIpc) is 2.47. The molecule has 1 atom stereocenters. The molecule has 1 aliphatic rings. The SMILES string of the molecule is COc1ccc([N+](=O)[O-])cc1CN1CCC(C(C)N)CC1. The number of piperidine rings is 1. The third-order valence-electron chi connectivity index (χ3n) is 4.24. The number of methoxy groups -OCH3 is 1. The van der Waals surface area contributed by atoms with Crippen molar-refractivity contribution in [1.82, 2.24) is 4.90 Å². The fourth-order valence-electron chi connectivity index (χ4n) is 2.88. The summed E-state index contributed by atoms with van der Waals surface area (Å²) in [7, 11) is 1.59. The first kappa shape index (κ1) is 15.7. The largest absolute Gasteiger partial charge is 0.496 e. The number of nitro benzene ring substituents is 1. The van der Waals surface area contributed by atoms with Crippen molar-refractivity contribution in [2.75, 3.05) is 20.2 Å². The van der Waals surface area contributed by atoms with Crippen molar-refractivity contribution >= 4 is 5.69 Å². The lowest BCUT2D eigenvalue weighted by Gasteiger charge is -2.33. The van der Waals surface area contributed by atoms with Gasteiger partial charge in [0.25, 0.3) is 5.69 Å². The summed E-state index contributed by atoms with van der Waals surface area (Å²) >= 11 is 0. The van der Waals surface area contributed by atoms with Crippen molar-refractivity contribution in [3.8, 4) is 5.75 Å². The lowest BCUT2D eigenvalue weighted by molar-refractivity contribution is -0.385. The first-order valence-electron chi connectivity index (χ1n) is 7.30. The number of nitrogens with zero attached hydrogens (tertiary/aromatic N) is 2. The second-order valence-corrected chi connectivity index (χ2v) is 5.73. The summed E-state index contributed by atoms with van der Waals surface area (Å²) < 4.78 is 5.31. The molecule has 0 radical (unpaired) electrons. The minimum Gasteiger partial charge on any atom is -0.496 e. The third kappa shape index (κ3) is 3.92. The number of likely N-dealkylation sites (tertiary alicyclic amines) is 1. The number of non-ortho nitro benzene ring substituents is 1. The molecule has 1 heterocycles. The highest BCUT2D eigenvalue weighted by atomic mass is 16.6. The number of nitro groups is 1. The molecule has 21 heavy (non-hydrogen) atoms. The molecule has 6 nitrogen and oxygen atoms in total. The quantitative estimate of drug-likeness (QED) is 0.664. The standard InChI is InChI=1S/C15H23N3O3/c1-11(16)12-5-7-17(8-6-12)10-13-9-14(18(19)20)3-4-15(13)21-2/h3-4,9,11-12H,5-8,10,16H2,1-2H3. The summed E-state index contributed by atoms with van der Waals surface area (Å²) in [6, 6.07) is 4.99. The summed E-state index contributed by atoms with van der Waals surface area (Å²) in [5.41, 5.74) is 6.92. The summed E-state index contributed by atoms with van der Waals surface area (Å²) in [5.74, 6) is 1.28. The molecular formula is C15H23N3O3. The molecule has 2 rings (SSSR count). The second kappa shape index (κ2) is 6.87. The number of hydrogen-bond donors (Lipinski definition) is 1. The van der Waals surface area contributed by atoms with E-state index in [-0.39, 0.29) is 16.7 Å². The zero-order valence-corrected chi connectivity index (χ0v) is 12.6. The van der Waals surface area contributed by atoms with Gasteiger partial charge in [-0.3, -0.25) is 15.0 Å². The van der Waals surface area contributed by atoms with Crippen molar-refractivity contribution < 1.29 is 9.66 Å². The highest BCUT2D eigenvalue weighted by molar-refractivity contribution is 5.43. The summed E-state index contributed by atoms with van der Waals surface area (Å²) in [6.45, 7) is 4.68. The van der Waals surface area contributed by atoms with Crippen molar-refractivity contribution in [3.63, 3.8) is 0 Å². The fourth-order valence-corrected chi connectivity index (χ4v) is 2.88. The molecule has 0 spiro atoms. The highest BCUT2D eigenvalue weighted by Gasteiger charge is 2.23. The first-order valence-corrected chi connectivity index (χ1v) is 7.30. The molecule has 1 aliphatic heterocycles. The van der Waals surface area contributed by atoms with E-state index < -0.39 is 0 Å². The van der Waals surface area contributed by atoms with Crippen molar-refractivity contribution in [2.45, 2.75) is 32.4 Å². The Morgan fingerprint density at radius 1 is 1.48 bits per heavy atom.